The summed E-state index contributed by atoms with van der Waals surface area (Å²) in [6.45, 7) is 5.89. The summed E-state index contributed by atoms with van der Waals surface area (Å²) in [6.07, 6.45) is -0.532. The van der Waals surface area contributed by atoms with Crippen LogP contribution in [-0.4, -0.2) is 94.9 Å². The molecule has 0 aromatic heterocycles. The van der Waals surface area contributed by atoms with Crippen LogP contribution in [-0.2, 0) is 11.3 Å². The highest BCUT2D eigenvalue weighted by molar-refractivity contribution is 6.03. The highest BCUT2D eigenvalue weighted by atomic mass is 16.2. The lowest BCUT2D eigenvalue weighted by Crippen LogP contribution is -2.64. The minimum atomic E-state index is -0.539. The van der Waals surface area contributed by atoms with E-state index in [9.17, 15) is 9.59 Å². The summed E-state index contributed by atoms with van der Waals surface area (Å²) < 4.78 is 0. The average Bonchev–Trinajstić information content (AvgIpc) is 3.36. The fourth-order valence-corrected chi connectivity index (χ4v) is 6.25. The van der Waals surface area contributed by atoms with Crippen LogP contribution in [0.5, 0.6) is 0 Å². The first-order valence-corrected chi connectivity index (χ1v) is 14.0. The van der Waals surface area contributed by atoms with Crippen molar-refractivity contribution in [1.29, 1.82) is 0 Å². The minimum Gasteiger partial charge on any atom is -0.340 e. The lowest BCUT2D eigenvalue weighted by atomic mass is 9.96. The predicted molar refractivity (Wildman–Crippen MR) is 156 cm³/mol. The molecule has 2 unspecified atom stereocenters. The third-order valence-corrected chi connectivity index (χ3v) is 8.32. The van der Waals surface area contributed by atoms with Gasteiger partial charge in [0.2, 0.25) is 0 Å². The number of hydrogen-bond donors (Lipinski definition) is 0. The average molecular weight is 537 g/mol. The first-order chi connectivity index (χ1) is 19.4. The SMILES string of the molecule is Cc1cccc(CN2C(N3CCN(C(c4ccccc4)c4ccccc4)CC3)=NC3C2C(=O)N(C)C(=O)N3C)c1. The molecule has 3 aliphatic heterocycles. The third kappa shape index (κ3) is 4.73. The van der Waals surface area contributed by atoms with Crippen molar-refractivity contribution in [2.45, 2.75) is 31.7 Å². The van der Waals surface area contributed by atoms with Gasteiger partial charge in [0, 0.05) is 46.8 Å². The normalized spacial score (nSPS) is 21.8. The smallest absolute Gasteiger partial charge is 0.328 e. The molecule has 40 heavy (non-hydrogen) atoms. The summed E-state index contributed by atoms with van der Waals surface area (Å²) in [5, 5.41) is 0. The van der Waals surface area contributed by atoms with E-state index in [-0.39, 0.29) is 18.0 Å². The van der Waals surface area contributed by atoms with E-state index in [1.807, 2.05) is 6.07 Å². The predicted octanol–water partition coefficient (Wildman–Crippen LogP) is 3.79. The van der Waals surface area contributed by atoms with E-state index < -0.39 is 12.2 Å². The number of hydrogen-bond acceptors (Lipinski definition) is 6. The monoisotopic (exact) mass is 536 g/mol. The Kier molecular flexibility index (Phi) is 7.02. The first-order valence-electron chi connectivity index (χ1n) is 14.0. The van der Waals surface area contributed by atoms with Crippen LogP contribution in [0.25, 0.3) is 0 Å². The van der Waals surface area contributed by atoms with Crippen LogP contribution >= 0.6 is 0 Å². The fourth-order valence-electron chi connectivity index (χ4n) is 6.25. The Morgan fingerprint density at radius 1 is 0.825 bits per heavy atom. The quantitative estimate of drug-likeness (QED) is 0.497. The Labute approximate surface area is 236 Å². The van der Waals surface area contributed by atoms with Gasteiger partial charge in [0.1, 0.15) is 0 Å². The van der Waals surface area contributed by atoms with Gasteiger partial charge in [-0.2, -0.15) is 0 Å². The molecule has 3 heterocycles. The van der Waals surface area contributed by atoms with Gasteiger partial charge in [-0.3, -0.25) is 14.6 Å². The molecule has 2 saturated heterocycles. The number of urea groups is 1. The van der Waals surface area contributed by atoms with Crippen molar-refractivity contribution < 1.29 is 9.59 Å². The van der Waals surface area contributed by atoms with Crippen molar-refractivity contribution in [3.8, 4) is 0 Å². The van der Waals surface area contributed by atoms with Crippen LogP contribution in [0.15, 0.2) is 89.9 Å². The molecule has 0 N–H and O–H groups in total. The second-order valence-electron chi connectivity index (χ2n) is 10.9. The van der Waals surface area contributed by atoms with Gasteiger partial charge in [-0.15, -0.1) is 0 Å². The van der Waals surface area contributed by atoms with Crippen LogP contribution in [0.3, 0.4) is 0 Å². The van der Waals surface area contributed by atoms with Crippen LogP contribution in [0, 0.1) is 6.92 Å². The molecule has 2 fully saturated rings. The molecular formula is C32H36N6O2. The van der Waals surface area contributed by atoms with E-state index >= 15 is 0 Å². The molecule has 3 aliphatic rings. The lowest BCUT2D eigenvalue weighted by molar-refractivity contribution is -0.136. The molecule has 8 nitrogen and oxygen atoms in total. The summed E-state index contributed by atoms with van der Waals surface area (Å²) in [5.74, 6) is 0.599. The number of aryl methyl sites for hydroxylation is 1. The number of carbonyl (C=O) groups is 2. The number of likely N-dealkylation sites (N-methyl/N-ethyl adjacent to an activating group) is 2. The summed E-state index contributed by atoms with van der Waals surface area (Å²) >= 11 is 0. The van der Waals surface area contributed by atoms with Gasteiger partial charge in [0.05, 0.1) is 6.04 Å². The van der Waals surface area contributed by atoms with Gasteiger partial charge < -0.3 is 14.7 Å². The van der Waals surface area contributed by atoms with E-state index in [0.29, 0.717) is 6.54 Å². The maximum atomic E-state index is 13.5. The highest BCUT2D eigenvalue weighted by Gasteiger charge is 2.52. The van der Waals surface area contributed by atoms with Crippen LogP contribution < -0.4 is 0 Å². The Bertz CT molecular complexity index is 1360. The van der Waals surface area contributed by atoms with Crippen LogP contribution in [0.1, 0.15) is 28.3 Å². The molecule has 0 spiro atoms. The largest absolute Gasteiger partial charge is 0.340 e. The molecule has 6 rings (SSSR count). The number of aliphatic imine (C=N–C) groups is 1. The van der Waals surface area contributed by atoms with E-state index in [0.717, 1.165) is 37.7 Å². The molecule has 206 valence electrons. The van der Waals surface area contributed by atoms with Gasteiger partial charge in [-0.1, -0.05) is 90.5 Å². The Balaban J connectivity index is 1.27. The number of imide groups is 1. The Morgan fingerprint density at radius 3 is 2.05 bits per heavy atom. The zero-order valence-corrected chi connectivity index (χ0v) is 23.4. The first kappa shape index (κ1) is 26.1. The zero-order valence-electron chi connectivity index (χ0n) is 23.4. The molecule has 0 bridgehead atoms. The molecule has 0 radical (unpaired) electrons. The standard InChI is InChI=1S/C32H36N6O2/c1-23-11-10-12-24(21-23)22-38-28-29(34(2)32(40)35(3)30(28)39)33-31(38)37-19-17-36(18-20-37)27(25-13-6-4-7-14-25)26-15-8-5-9-16-26/h4-16,21,27-29H,17-20,22H2,1-3H3. The molecule has 8 heteroatoms. The Morgan fingerprint density at radius 2 is 1.45 bits per heavy atom. The summed E-state index contributed by atoms with van der Waals surface area (Å²) in [4.78, 5) is 41.0. The molecule has 0 aliphatic carbocycles. The number of amides is 3. The second-order valence-corrected chi connectivity index (χ2v) is 10.9. The van der Waals surface area contributed by atoms with Crippen molar-refractivity contribution in [3.05, 3.63) is 107 Å². The summed E-state index contributed by atoms with van der Waals surface area (Å²) in [7, 11) is 3.30. The van der Waals surface area contributed by atoms with Crippen molar-refractivity contribution >= 4 is 17.9 Å². The number of benzene rings is 3. The lowest BCUT2D eigenvalue weighted by Gasteiger charge is -2.43. The maximum absolute atomic E-state index is 13.5. The van der Waals surface area contributed by atoms with E-state index in [1.165, 1.54) is 21.6 Å². The second kappa shape index (κ2) is 10.8. The minimum absolute atomic E-state index is 0.167. The van der Waals surface area contributed by atoms with E-state index in [4.69, 9.17) is 4.99 Å². The van der Waals surface area contributed by atoms with Gasteiger partial charge in [-0.25, -0.2) is 9.79 Å². The number of fused-ring (bicyclic) bond motifs is 1. The molecule has 3 aromatic carbocycles. The van der Waals surface area contributed by atoms with Crippen molar-refractivity contribution in [3.63, 3.8) is 0 Å². The molecule has 0 saturated carbocycles. The summed E-state index contributed by atoms with van der Waals surface area (Å²) in [6, 6.07) is 29.0. The topological polar surface area (TPSA) is 62.7 Å². The van der Waals surface area contributed by atoms with Gasteiger partial charge in [-0.05, 0) is 23.6 Å². The zero-order chi connectivity index (χ0) is 27.8. The van der Waals surface area contributed by atoms with Crippen LogP contribution in [0.2, 0.25) is 0 Å². The van der Waals surface area contributed by atoms with Crippen molar-refractivity contribution in [2.75, 3.05) is 40.3 Å². The number of carbonyl (C=O) groups excluding carboxylic acids is 2. The van der Waals surface area contributed by atoms with Gasteiger partial charge in [0.25, 0.3) is 5.91 Å². The number of piperazine rings is 1. The number of guanidine groups is 1. The van der Waals surface area contributed by atoms with Crippen molar-refractivity contribution in [1.82, 2.24) is 24.5 Å². The Hall–Kier alpha value is -4.17. The van der Waals surface area contributed by atoms with Gasteiger partial charge >= 0.3 is 6.03 Å². The molecule has 3 aromatic rings. The molecule has 3 amide bonds. The van der Waals surface area contributed by atoms with E-state index in [2.05, 4.69) is 100 Å². The fraction of sp³-hybridized carbons (Fsp3) is 0.344. The van der Waals surface area contributed by atoms with Crippen LogP contribution in [0.4, 0.5) is 4.79 Å². The highest BCUT2D eigenvalue weighted by Crippen LogP contribution is 2.33. The number of nitrogens with zero attached hydrogens (tertiary/aromatic N) is 6. The summed E-state index contributed by atoms with van der Waals surface area (Å²) in [5.41, 5.74) is 4.85. The molecule has 2 atom stereocenters. The van der Waals surface area contributed by atoms with E-state index in [1.54, 1.807) is 19.0 Å². The van der Waals surface area contributed by atoms with Crippen molar-refractivity contribution in [2.24, 2.45) is 4.99 Å². The molecular weight excluding hydrogens is 500 g/mol. The number of rotatable bonds is 5. The van der Waals surface area contributed by atoms with Gasteiger partial charge in [0.15, 0.2) is 18.2 Å². The maximum Gasteiger partial charge on any atom is 0.328 e. The third-order valence-electron chi connectivity index (χ3n) is 8.32.